The minimum Gasteiger partial charge on any atom is -0.516 e. The molecule has 0 radical (unpaired) electrons. The zero-order chi connectivity index (χ0) is 17.2. The Hall–Kier alpha value is -1.38. The number of hydrogen-bond acceptors (Lipinski definition) is 1. The van der Waals surface area contributed by atoms with Gasteiger partial charge in [-0.25, -0.2) is 8.78 Å². The summed E-state index contributed by atoms with van der Waals surface area (Å²) in [6.07, 6.45) is 19.0. The molecule has 0 bridgehead atoms. The highest BCUT2D eigenvalue weighted by atomic mass is 19.1. The fourth-order valence-corrected chi connectivity index (χ4v) is 2.26. The number of allylic oxidation sites excluding steroid dienone is 7. The van der Waals surface area contributed by atoms with Crippen LogP contribution >= 0.6 is 0 Å². The second kappa shape index (κ2) is 17.0. The van der Waals surface area contributed by atoms with Gasteiger partial charge in [-0.15, -0.1) is 0 Å². The Kier molecular flexibility index (Phi) is 16.0. The molecule has 0 aliphatic heterocycles. The second-order valence-electron chi connectivity index (χ2n) is 5.77. The van der Waals surface area contributed by atoms with Gasteiger partial charge in [0, 0.05) is 0 Å². The van der Waals surface area contributed by atoms with Crippen LogP contribution < -0.4 is 0 Å². The van der Waals surface area contributed by atoms with E-state index >= 15 is 0 Å². The van der Waals surface area contributed by atoms with E-state index in [0.29, 0.717) is 6.42 Å². The lowest BCUT2D eigenvalue weighted by Gasteiger charge is -2.03. The highest BCUT2D eigenvalue weighted by Gasteiger charge is 2.01. The van der Waals surface area contributed by atoms with Gasteiger partial charge in [0.05, 0.1) is 6.26 Å². The maximum Gasteiger partial charge on any atom is 0.122 e. The first-order valence-electron chi connectivity index (χ1n) is 8.86. The summed E-state index contributed by atoms with van der Waals surface area (Å²) in [5, 5.41) is 8.38. The summed E-state index contributed by atoms with van der Waals surface area (Å²) in [5.74, 6) is -0.498. The van der Waals surface area contributed by atoms with E-state index in [1.807, 2.05) is 0 Å². The van der Waals surface area contributed by atoms with Crippen molar-refractivity contribution in [1.82, 2.24) is 0 Å². The Bertz CT molecular complexity index is 370. The molecule has 1 N–H and O–H groups in total. The van der Waals surface area contributed by atoms with Crippen molar-refractivity contribution < 1.29 is 13.9 Å². The van der Waals surface area contributed by atoms with Gasteiger partial charge in [0.2, 0.25) is 0 Å². The van der Waals surface area contributed by atoms with Crippen molar-refractivity contribution in [3.8, 4) is 0 Å². The molecule has 0 aromatic heterocycles. The van der Waals surface area contributed by atoms with Gasteiger partial charge < -0.3 is 5.11 Å². The second-order valence-corrected chi connectivity index (χ2v) is 5.77. The SMILES string of the molecule is CCCCCCCCCCCC(F)/C=C/C(F)=C/C=C/C=C/O. The molecule has 0 amide bonds. The van der Waals surface area contributed by atoms with Crippen LogP contribution in [0.15, 0.2) is 48.5 Å². The predicted molar refractivity (Wildman–Crippen MR) is 96.0 cm³/mol. The first kappa shape index (κ1) is 21.6. The van der Waals surface area contributed by atoms with Crippen molar-refractivity contribution in [2.24, 2.45) is 0 Å². The van der Waals surface area contributed by atoms with E-state index < -0.39 is 12.0 Å². The summed E-state index contributed by atoms with van der Waals surface area (Å²) in [4.78, 5) is 0. The van der Waals surface area contributed by atoms with Crippen LogP contribution in [-0.2, 0) is 0 Å². The van der Waals surface area contributed by atoms with Gasteiger partial charge in [-0.2, -0.15) is 0 Å². The van der Waals surface area contributed by atoms with Crippen LogP contribution in [-0.4, -0.2) is 11.3 Å². The number of alkyl halides is 1. The van der Waals surface area contributed by atoms with Crippen molar-refractivity contribution in [2.45, 2.75) is 77.3 Å². The minimum absolute atomic E-state index is 0.461. The van der Waals surface area contributed by atoms with Gasteiger partial charge in [-0.05, 0) is 30.7 Å². The number of hydrogen-bond donors (Lipinski definition) is 1. The summed E-state index contributed by atoms with van der Waals surface area (Å²) in [7, 11) is 0. The predicted octanol–water partition coefficient (Wildman–Crippen LogP) is 7.28. The lowest BCUT2D eigenvalue weighted by Crippen LogP contribution is -1.94. The summed E-state index contributed by atoms with van der Waals surface area (Å²) in [6.45, 7) is 2.22. The number of aliphatic hydroxyl groups is 1. The molecule has 0 heterocycles. The molecule has 3 heteroatoms. The van der Waals surface area contributed by atoms with E-state index in [1.165, 1.54) is 75.3 Å². The number of halogens is 2. The van der Waals surface area contributed by atoms with Crippen LogP contribution in [0.1, 0.15) is 71.1 Å². The smallest absolute Gasteiger partial charge is 0.122 e. The molecule has 0 fully saturated rings. The summed E-state index contributed by atoms with van der Waals surface area (Å²) in [5.41, 5.74) is 0. The third-order valence-corrected chi connectivity index (χ3v) is 3.61. The quantitative estimate of drug-likeness (QED) is 0.202. The minimum atomic E-state index is -1.08. The molecule has 1 unspecified atom stereocenters. The Morgan fingerprint density at radius 3 is 2.13 bits per heavy atom. The Balaban J connectivity index is 3.62. The summed E-state index contributed by atoms with van der Waals surface area (Å²) >= 11 is 0. The van der Waals surface area contributed by atoms with Gasteiger partial charge in [0.25, 0.3) is 0 Å². The van der Waals surface area contributed by atoms with Gasteiger partial charge in [-0.3, -0.25) is 0 Å². The zero-order valence-corrected chi connectivity index (χ0v) is 14.4. The number of rotatable bonds is 14. The van der Waals surface area contributed by atoms with Crippen LogP contribution in [0.25, 0.3) is 0 Å². The fourth-order valence-electron chi connectivity index (χ4n) is 2.26. The third-order valence-electron chi connectivity index (χ3n) is 3.61. The Morgan fingerprint density at radius 2 is 1.52 bits per heavy atom. The molecule has 132 valence electrons. The van der Waals surface area contributed by atoms with E-state index in [9.17, 15) is 8.78 Å². The standard InChI is InChI=1S/C20H32F2O/c1-2-3-4-5-6-7-8-9-11-14-19(21)16-17-20(22)15-12-10-13-18-23/h10,12-13,15-19,23H,2-9,11,14H2,1H3/b12-10+,17-16+,18-13+,20-15-. The van der Waals surface area contributed by atoms with E-state index in [1.54, 1.807) is 0 Å². The van der Waals surface area contributed by atoms with Gasteiger partial charge in [0.15, 0.2) is 0 Å². The van der Waals surface area contributed by atoms with E-state index in [2.05, 4.69) is 6.92 Å². The fraction of sp³-hybridized carbons (Fsp3) is 0.600. The van der Waals surface area contributed by atoms with Crippen LogP contribution in [0.3, 0.4) is 0 Å². The van der Waals surface area contributed by atoms with Crippen LogP contribution in [0, 0.1) is 0 Å². The average molecular weight is 326 g/mol. The highest BCUT2D eigenvalue weighted by Crippen LogP contribution is 2.13. The van der Waals surface area contributed by atoms with Crippen molar-refractivity contribution in [2.75, 3.05) is 0 Å². The third kappa shape index (κ3) is 16.8. The molecule has 1 nitrogen and oxygen atoms in total. The molecular weight excluding hydrogens is 294 g/mol. The van der Waals surface area contributed by atoms with Crippen LogP contribution in [0.2, 0.25) is 0 Å². The molecule has 0 aliphatic rings. The number of unbranched alkanes of at least 4 members (excludes halogenated alkanes) is 8. The molecule has 0 saturated carbocycles. The van der Waals surface area contributed by atoms with Gasteiger partial charge in [0.1, 0.15) is 12.0 Å². The van der Waals surface area contributed by atoms with E-state index in [-0.39, 0.29) is 0 Å². The van der Waals surface area contributed by atoms with Crippen molar-refractivity contribution >= 4 is 0 Å². The Labute approximate surface area is 140 Å². The van der Waals surface area contributed by atoms with E-state index in [4.69, 9.17) is 5.11 Å². The molecule has 0 saturated heterocycles. The van der Waals surface area contributed by atoms with Crippen molar-refractivity contribution in [1.29, 1.82) is 0 Å². The number of aliphatic hydroxyl groups excluding tert-OH is 1. The van der Waals surface area contributed by atoms with Crippen LogP contribution in [0.5, 0.6) is 0 Å². The molecule has 0 aromatic rings. The van der Waals surface area contributed by atoms with E-state index in [0.717, 1.165) is 25.2 Å². The first-order chi connectivity index (χ1) is 11.2. The monoisotopic (exact) mass is 326 g/mol. The lowest BCUT2D eigenvalue weighted by molar-refractivity contribution is 0.363. The van der Waals surface area contributed by atoms with Gasteiger partial charge in [-0.1, -0.05) is 76.9 Å². The molecule has 0 spiro atoms. The molecular formula is C20H32F2O. The topological polar surface area (TPSA) is 20.2 Å². The molecule has 1 atom stereocenters. The zero-order valence-electron chi connectivity index (χ0n) is 14.4. The average Bonchev–Trinajstić information content (AvgIpc) is 2.55. The maximum atomic E-state index is 13.6. The first-order valence-corrected chi connectivity index (χ1v) is 8.86. The largest absolute Gasteiger partial charge is 0.516 e. The Morgan fingerprint density at radius 1 is 0.913 bits per heavy atom. The summed E-state index contributed by atoms with van der Waals surface area (Å²) in [6, 6.07) is 0. The normalized spacial score (nSPS) is 14.5. The van der Waals surface area contributed by atoms with Gasteiger partial charge >= 0.3 is 0 Å². The van der Waals surface area contributed by atoms with Crippen molar-refractivity contribution in [3.63, 3.8) is 0 Å². The molecule has 0 rings (SSSR count). The molecule has 0 aliphatic carbocycles. The van der Waals surface area contributed by atoms with Crippen LogP contribution in [0.4, 0.5) is 8.78 Å². The lowest BCUT2D eigenvalue weighted by atomic mass is 10.1. The highest BCUT2D eigenvalue weighted by molar-refractivity contribution is 5.20. The van der Waals surface area contributed by atoms with Crippen molar-refractivity contribution in [3.05, 3.63) is 48.5 Å². The summed E-state index contributed by atoms with van der Waals surface area (Å²) < 4.78 is 26.9. The maximum absolute atomic E-state index is 13.6. The molecule has 0 aromatic carbocycles. The molecule has 23 heavy (non-hydrogen) atoms.